The number of benzene rings is 1. The smallest absolute Gasteiger partial charge is 0.330 e. The number of aromatic nitrogens is 1. The molecule has 2 N–H and O–H groups in total. The molecule has 22 heavy (non-hydrogen) atoms. The summed E-state index contributed by atoms with van der Waals surface area (Å²) < 4.78 is 38.6. The van der Waals surface area contributed by atoms with Gasteiger partial charge >= 0.3 is 6.18 Å². The zero-order valence-electron chi connectivity index (χ0n) is 12.0. The number of hydrogen-bond donors (Lipinski definition) is 1. The molecular formula is C17H17F3N2. The Kier molecular flexibility index (Phi) is 3.91. The van der Waals surface area contributed by atoms with E-state index in [2.05, 4.69) is 4.98 Å². The summed E-state index contributed by atoms with van der Waals surface area (Å²) in [5, 5.41) is 0. The van der Waals surface area contributed by atoms with Crippen LogP contribution in [0.4, 0.5) is 13.2 Å². The molecule has 1 aromatic heterocycles. The second-order valence-electron chi connectivity index (χ2n) is 5.63. The number of fused-ring (bicyclic) bond motifs is 1. The molecule has 2 nitrogen and oxygen atoms in total. The molecule has 1 aliphatic carbocycles. The SMILES string of the molecule is NCC1CCCc2c(-c3ccnc(C(F)(F)F)c3)cccc21. The number of nitrogens with two attached hydrogens (primary N) is 1. The van der Waals surface area contributed by atoms with E-state index in [1.807, 2.05) is 18.2 Å². The van der Waals surface area contributed by atoms with Crippen LogP contribution in [0.1, 0.15) is 35.6 Å². The summed E-state index contributed by atoms with van der Waals surface area (Å²) in [4.78, 5) is 3.43. The van der Waals surface area contributed by atoms with Gasteiger partial charge in [0.1, 0.15) is 5.69 Å². The molecule has 0 spiro atoms. The van der Waals surface area contributed by atoms with Crippen molar-refractivity contribution in [1.29, 1.82) is 0 Å². The van der Waals surface area contributed by atoms with Gasteiger partial charge in [-0.2, -0.15) is 13.2 Å². The highest BCUT2D eigenvalue weighted by molar-refractivity contribution is 5.69. The van der Waals surface area contributed by atoms with Crippen LogP contribution >= 0.6 is 0 Å². The molecule has 0 aliphatic heterocycles. The lowest BCUT2D eigenvalue weighted by Crippen LogP contribution is -2.18. The predicted octanol–water partition coefficient (Wildman–Crippen LogP) is 4.15. The van der Waals surface area contributed by atoms with Crippen molar-refractivity contribution < 1.29 is 13.2 Å². The molecule has 1 atom stereocenters. The Labute approximate surface area is 127 Å². The average Bonchev–Trinajstić information content (AvgIpc) is 2.53. The van der Waals surface area contributed by atoms with Crippen molar-refractivity contribution in [2.24, 2.45) is 5.73 Å². The molecular weight excluding hydrogens is 289 g/mol. The summed E-state index contributed by atoms with van der Waals surface area (Å²) in [6.45, 7) is 0.570. The molecule has 0 amide bonds. The van der Waals surface area contributed by atoms with Crippen LogP contribution in [0.3, 0.4) is 0 Å². The van der Waals surface area contributed by atoms with Crippen molar-refractivity contribution in [3.63, 3.8) is 0 Å². The minimum atomic E-state index is -4.43. The van der Waals surface area contributed by atoms with Crippen molar-refractivity contribution in [2.75, 3.05) is 6.54 Å². The number of rotatable bonds is 2. The van der Waals surface area contributed by atoms with Crippen molar-refractivity contribution in [3.05, 3.63) is 53.3 Å². The van der Waals surface area contributed by atoms with Gasteiger partial charge < -0.3 is 5.73 Å². The van der Waals surface area contributed by atoms with Crippen LogP contribution in [0.25, 0.3) is 11.1 Å². The minimum Gasteiger partial charge on any atom is -0.330 e. The van der Waals surface area contributed by atoms with Gasteiger partial charge in [0.2, 0.25) is 0 Å². The maximum atomic E-state index is 12.9. The fourth-order valence-electron chi connectivity index (χ4n) is 3.22. The molecule has 0 saturated carbocycles. The van der Waals surface area contributed by atoms with E-state index >= 15 is 0 Å². The standard InChI is InChI=1S/C17H17F3N2/c18-17(19,20)16-9-11(7-8-22-16)13-4-2-5-14-12(10-21)3-1-6-15(13)14/h2,4-5,7-9,12H,1,3,6,10,21H2. The largest absolute Gasteiger partial charge is 0.433 e. The quantitative estimate of drug-likeness (QED) is 0.905. The van der Waals surface area contributed by atoms with E-state index in [9.17, 15) is 13.2 Å². The Balaban J connectivity index is 2.10. The molecule has 1 heterocycles. The zero-order valence-corrected chi connectivity index (χ0v) is 12.0. The summed E-state index contributed by atoms with van der Waals surface area (Å²) in [5.41, 5.74) is 8.71. The van der Waals surface area contributed by atoms with Crippen LogP contribution in [-0.4, -0.2) is 11.5 Å². The molecule has 2 aromatic rings. The van der Waals surface area contributed by atoms with Crippen LogP contribution < -0.4 is 5.73 Å². The van der Waals surface area contributed by atoms with E-state index in [4.69, 9.17) is 5.73 Å². The summed E-state index contributed by atoms with van der Waals surface area (Å²) in [6, 6.07) is 8.59. The molecule has 5 heteroatoms. The Morgan fingerprint density at radius 3 is 2.77 bits per heavy atom. The van der Waals surface area contributed by atoms with E-state index in [0.29, 0.717) is 18.0 Å². The molecule has 0 radical (unpaired) electrons. The molecule has 116 valence electrons. The second kappa shape index (κ2) is 5.72. The van der Waals surface area contributed by atoms with Gasteiger partial charge in [-0.3, -0.25) is 4.98 Å². The van der Waals surface area contributed by atoms with Gasteiger partial charge in [0.15, 0.2) is 0 Å². The summed E-state index contributed by atoms with van der Waals surface area (Å²) >= 11 is 0. The van der Waals surface area contributed by atoms with Crippen LogP contribution in [0.5, 0.6) is 0 Å². The van der Waals surface area contributed by atoms with E-state index in [0.717, 1.165) is 36.5 Å². The Morgan fingerprint density at radius 2 is 2.05 bits per heavy atom. The summed E-state index contributed by atoms with van der Waals surface area (Å²) in [5.74, 6) is 0.299. The molecule has 1 unspecified atom stereocenters. The van der Waals surface area contributed by atoms with Crippen LogP contribution in [0.2, 0.25) is 0 Å². The third-order valence-electron chi connectivity index (χ3n) is 4.28. The topological polar surface area (TPSA) is 38.9 Å². The van der Waals surface area contributed by atoms with Crippen molar-refractivity contribution in [1.82, 2.24) is 4.98 Å². The number of pyridine rings is 1. The van der Waals surface area contributed by atoms with Gasteiger partial charge in [0.05, 0.1) is 0 Å². The molecule has 3 rings (SSSR count). The first-order chi connectivity index (χ1) is 10.5. The highest BCUT2D eigenvalue weighted by atomic mass is 19.4. The fourth-order valence-corrected chi connectivity index (χ4v) is 3.22. The highest BCUT2D eigenvalue weighted by Gasteiger charge is 2.32. The normalized spacial score (nSPS) is 18.1. The number of nitrogens with zero attached hydrogens (tertiary/aromatic N) is 1. The monoisotopic (exact) mass is 306 g/mol. The fraction of sp³-hybridized carbons (Fsp3) is 0.353. The van der Waals surface area contributed by atoms with Crippen LogP contribution in [-0.2, 0) is 12.6 Å². The number of alkyl halides is 3. The van der Waals surface area contributed by atoms with Crippen LogP contribution in [0, 0.1) is 0 Å². The molecule has 0 bridgehead atoms. The van der Waals surface area contributed by atoms with Crippen molar-refractivity contribution in [3.8, 4) is 11.1 Å². The maximum absolute atomic E-state index is 12.9. The summed E-state index contributed by atoms with van der Waals surface area (Å²) in [6.07, 6.45) is -0.267. The van der Waals surface area contributed by atoms with Gasteiger partial charge in [0.25, 0.3) is 0 Å². The maximum Gasteiger partial charge on any atom is 0.433 e. The first-order valence-electron chi connectivity index (χ1n) is 7.36. The van der Waals surface area contributed by atoms with E-state index in [-0.39, 0.29) is 0 Å². The minimum absolute atomic E-state index is 0.299. The van der Waals surface area contributed by atoms with Gasteiger partial charge in [-0.25, -0.2) is 0 Å². The van der Waals surface area contributed by atoms with E-state index in [1.165, 1.54) is 11.8 Å². The molecule has 1 aromatic carbocycles. The third kappa shape index (κ3) is 2.73. The van der Waals surface area contributed by atoms with Crippen molar-refractivity contribution in [2.45, 2.75) is 31.4 Å². The first-order valence-corrected chi connectivity index (χ1v) is 7.36. The van der Waals surface area contributed by atoms with E-state index < -0.39 is 11.9 Å². The lowest BCUT2D eigenvalue weighted by atomic mass is 9.79. The molecule has 0 saturated heterocycles. The first kappa shape index (κ1) is 15.0. The van der Waals surface area contributed by atoms with Gasteiger partial charge in [-0.05, 0) is 66.1 Å². The van der Waals surface area contributed by atoms with Gasteiger partial charge in [-0.1, -0.05) is 18.2 Å². The predicted molar refractivity (Wildman–Crippen MR) is 79.4 cm³/mol. The van der Waals surface area contributed by atoms with Crippen LogP contribution in [0.15, 0.2) is 36.5 Å². The Bertz CT molecular complexity index is 680. The highest BCUT2D eigenvalue weighted by Crippen LogP contribution is 2.38. The lowest BCUT2D eigenvalue weighted by molar-refractivity contribution is -0.141. The molecule has 1 aliphatic rings. The second-order valence-corrected chi connectivity index (χ2v) is 5.63. The zero-order chi connectivity index (χ0) is 15.7. The lowest BCUT2D eigenvalue weighted by Gasteiger charge is -2.26. The Hall–Kier alpha value is -1.88. The van der Waals surface area contributed by atoms with E-state index in [1.54, 1.807) is 6.07 Å². The molecule has 0 fully saturated rings. The number of halogens is 3. The Morgan fingerprint density at radius 1 is 1.23 bits per heavy atom. The van der Waals surface area contributed by atoms with Crippen molar-refractivity contribution >= 4 is 0 Å². The summed E-state index contributed by atoms with van der Waals surface area (Å²) in [7, 11) is 0. The van der Waals surface area contributed by atoms with Gasteiger partial charge in [-0.15, -0.1) is 0 Å². The average molecular weight is 306 g/mol. The third-order valence-corrected chi connectivity index (χ3v) is 4.28. The van der Waals surface area contributed by atoms with Gasteiger partial charge in [0, 0.05) is 6.20 Å². The number of hydrogen-bond acceptors (Lipinski definition) is 2.